The third-order valence-corrected chi connectivity index (χ3v) is 5.07. The lowest BCUT2D eigenvalue weighted by atomic mass is 9.98. The fourth-order valence-corrected chi connectivity index (χ4v) is 3.57. The summed E-state index contributed by atoms with van der Waals surface area (Å²) < 4.78 is 10.4. The summed E-state index contributed by atoms with van der Waals surface area (Å²) in [5.41, 5.74) is 8.29. The van der Waals surface area contributed by atoms with E-state index in [1.54, 1.807) is 31.6 Å². The molecule has 2 N–H and O–H groups in total. The maximum Gasteiger partial charge on any atom is 0.213 e. The van der Waals surface area contributed by atoms with Crippen LogP contribution in [-0.2, 0) is 10.5 Å². The molecule has 0 unspecified atom stereocenters. The van der Waals surface area contributed by atoms with Gasteiger partial charge >= 0.3 is 0 Å². The lowest BCUT2D eigenvalue weighted by Gasteiger charge is -2.13. The Balaban J connectivity index is 1.97. The van der Waals surface area contributed by atoms with E-state index in [0.717, 1.165) is 5.69 Å². The van der Waals surface area contributed by atoms with Gasteiger partial charge in [-0.2, -0.15) is 10.5 Å². The van der Waals surface area contributed by atoms with Crippen molar-refractivity contribution in [2.45, 2.75) is 10.8 Å². The van der Waals surface area contributed by atoms with E-state index in [2.05, 4.69) is 27.1 Å². The van der Waals surface area contributed by atoms with Crippen molar-refractivity contribution in [3.63, 3.8) is 0 Å². The van der Waals surface area contributed by atoms with Gasteiger partial charge in [-0.25, -0.2) is 9.97 Å². The number of nitriles is 2. The number of hydrogen-bond acceptors (Lipinski definition) is 9. The van der Waals surface area contributed by atoms with Crippen molar-refractivity contribution < 1.29 is 9.47 Å². The number of anilines is 1. The Morgan fingerprint density at radius 2 is 1.90 bits per heavy atom. The van der Waals surface area contributed by atoms with E-state index in [-0.39, 0.29) is 16.9 Å². The predicted molar refractivity (Wildman–Crippen MR) is 112 cm³/mol. The molecule has 3 heterocycles. The van der Waals surface area contributed by atoms with E-state index >= 15 is 0 Å². The Bertz CT molecular complexity index is 1090. The van der Waals surface area contributed by atoms with Gasteiger partial charge in [0.2, 0.25) is 5.88 Å². The number of thioether (sulfide) groups is 1. The number of pyridine rings is 3. The summed E-state index contributed by atoms with van der Waals surface area (Å²) in [5, 5.41) is 19.9. The van der Waals surface area contributed by atoms with Gasteiger partial charge in [0.25, 0.3) is 0 Å². The summed E-state index contributed by atoms with van der Waals surface area (Å²) >= 11 is 1.34. The molecular weight excluding hydrogens is 400 g/mol. The average molecular weight is 418 g/mol. The molecular formula is C21H18N6O2S. The van der Waals surface area contributed by atoms with Crippen molar-refractivity contribution in [2.24, 2.45) is 0 Å². The summed E-state index contributed by atoms with van der Waals surface area (Å²) in [6, 6.07) is 13.2. The zero-order valence-electron chi connectivity index (χ0n) is 16.2. The monoisotopic (exact) mass is 418 g/mol. The van der Waals surface area contributed by atoms with Gasteiger partial charge in [0.15, 0.2) is 0 Å². The molecule has 0 fully saturated rings. The quantitative estimate of drug-likeness (QED) is 0.433. The van der Waals surface area contributed by atoms with Crippen LogP contribution in [0.25, 0.3) is 11.1 Å². The Morgan fingerprint density at radius 1 is 1.07 bits per heavy atom. The number of hydrogen-bond donors (Lipinski definition) is 1. The van der Waals surface area contributed by atoms with Gasteiger partial charge in [-0.05, 0) is 18.2 Å². The highest BCUT2D eigenvalue weighted by molar-refractivity contribution is 7.98. The van der Waals surface area contributed by atoms with Gasteiger partial charge in [0, 0.05) is 42.4 Å². The fourth-order valence-electron chi connectivity index (χ4n) is 2.66. The van der Waals surface area contributed by atoms with Gasteiger partial charge < -0.3 is 15.2 Å². The van der Waals surface area contributed by atoms with Crippen molar-refractivity contribution >= 4 is 17.6 Å². The molecule has 30 heavy (non-hydrogen) atoms. The summed E-state index contributed by atoms with van der Waals surface area (Å²) in [4.78, 5) is 12.8. The number of methoxy groups -OCH3 is 1. The molecule has 0 aliphatic carbocycles. The number of nitrogens with two attached hydrogens (primary N) is 1. The van der Waals surface area contributed by atoms with Crippen LogP contribution in [0.1, 0.15) is 16.8 Å². The van der Waals surface area contributed by atoms with E-state index in [1.807, 2.05) is 18.2 Å². The summed E-state index contributed by atoms with van der Waals surface area (Å²) in [6.07, 6.45) is 3.25. The largest absolute Gasteiger partial charge is 0.475 e. The van der Waals surface area contributed by atoms with E-state index in [4.69, 9.17) is 15.2 Å². The normalized spacial score (nSPS) is 10.2. The maximum atomic E-state index is 9.84. The van der Waals surface area contributed by atoms with Crippen LogP contribution in [0, 0.1) is 22.7 Å². The van der Waals surface area contributed by atoms with E-state index < -0.39 is 0 Å². The second-order valence-electron chi connectivity index (χ2n) is 5.99. The number of aromatic nitrogens is 3. The van der Waals surface area contributed by atoms with Crippen LogP contribution in [-0.4, -0.2) is 35.3 Å². The molecule has 0 aliphatic heterocycles. The molecule has 0 aromatic carbocycles. The van der Waals surface area contributed by atoms with Gasteiger partial charge in [-0.1, -0.05) is 17.8 Å². The number of nitrogens with zero attached hydrogens (tertiary/aromatic N) is 5. The average Bonchev–Trinajstić information content (AvgIpc) is 2.78. The zero-order valence-corrected chi connectivity index (χ0v) is 17.0. The lowest BCUT2D eigenvalue weighted by Crippen LogP contribution is -2.06. The lowest BCUT2D eigenvalue weighted by molar-refractivity contribution is 0.144. The minimum absolute atomic E-state index is 0.0652. The Labute approximate surface area is 178 Å². The Hall–Kier alpha value is -3.66. The minimum atomic E-state index is 0.0652. The van der Waals surface area contributed by atoms with Crippen molar-refractivity contribution in [2.75, 3.05) is 26.1 Å². The van der Waals surface area contributed by atoms with Crippen LogP contribution in [0.5, 0.6) is 5.88 Å². The minimum Gasteiger partial charge on any atom is -0.475 e. The first-order chi connectivity index (χ1) is 14.7. The first kappa shape index (κ1) is 21.1. The molecule has 150 valence electrons. The highest BCUT2D eigenvalue weighted by Crippen LogP contribution is 2.36. The fraction of sp³-hybridized carbons (Fsp3) is 0.190. The van der Waals surface area contributed by atoms with Crippen LogP contribution in [0.15, 0.2) is 47.8 Å². The molecule has 3 aromatic heterocycles. The highest BCUT2D eigenvalue weighted by Gasteiger charge is 2.21. The predicted octanol–water partition coefficient (Wildman–Crippen LogP) is 3.18. The van der Waals surface area contributed by atoms with Crippen molar-refractivity contribution in [3.8, 4) is 29.1 Å². The van der Waals surface area contributed by atoms with Crippen LogP contribution in [0.3, 0.4) is 0 Å². The topological polar surface area (TPSA) is 131 Å². The third kappa shape index (κ3) is 4.84. The molecule has 0 aliphatic rings. The van der Waals surface area contributed by atoms with Gasteiger partial charge in [0.1, 0.15) is 35.2 Å². The molecule has 0 spiro atoms. The van der Waals surface area contributed by atoms with Gasteiger partial charge in [-0.15, -0.1) is 0 Å². The third-order valence-electron chi connectivity index (χ3n) is 4.06. The molecule has 0 saturated carbocycles. The molecule has 0 amide bonds. The van der Waals surface area contributed by atoms with E-state index in [1.165, 1.54) is 11.8 Å². The van der Waals surface area contributed by atoms with Crippen LogP contribution in [0.2, 0.25) is 0 Å². The van der Waals surface area contributed by atoms with Crippen molar-refractivity contribution in [3.05, 3.63) is 59.5 Å². The number of ether oxygens (including phenoxy) is 2. The van der Waals surface area contributed by atoms with Gasteiger partial charge in [-0.3, -0.25) is 4.98 Å². The van der Waals surface area contributed by atoms with Crippen LogP contribution < -0.4 is 10.5 Å². The number of nitrogen functional groups attached to an aromatic ring is 1. The van der Waals surface area contributed by atoms with Crippen molar-refractivity contribution in [1.82, 2.24) is 15.0 Å². The molecule has 0 atom stereocenters. The highest BCUT2D eigenvalue weighted by atomic mass is 32.2. The smallest absolute Gasteiger partial charge is 0.213 e. The van der Waals surface area contributed by atoms with Gasteiger partial charge in [0.05, 0.1) is 17.9 Å². The molecule has 0 saturated heterocycles. The zero-order chi connectivity index (χ0) is 21.3. The summed E-state index contributed by atoms with van der Waals surface area (Å²) in [5.74, 6) is 0.993. The van der Waals surface area contributed by atoms with E-state index in [9.17, 15) is 10.5 Å². The van der Waals surface area contributed by atoms with Crippen LogP contribution >= 0.6 is 11.8 Å². The summed E-state index contributed by atoms with van der Waals surface area (Å²) in [6.45, 7) is 0.810. The molecule has 3 aromatic rings. The molecule has 9 heteroatoms. The second-order valence-corrected chi connectivity index (χ2v) is 6.95. The first-order valence-electron chi connectivity index (χ1n) is 8.92. The SMILES string of the molecule is COCCOc1ccc(-c2c(C#N)c(N)nc(SCc3ccccn3)c2C#N)cn1. The first-order valence-corrected chi connectivity index (χ1v) is 9.91. The molecule has 0 bridgehead atoms. The Kier molecular flexibility index (Phi) is 7.17. The second kappa shape index (κ2) is 10.2. The number of rotatable bonds is 8. The van der Waals surface area contributed by atoms with E-state index in [0.29, 0.717) is 41.0 Å². The Morgan fingerprint density at radius 3 is 2.53 bits per heavy atom. The standard InChI is InChI=1S/C21H18N6O2S/c1-28-8-9-29-18-6-5-14(12-26-18)19-16(10-22)20(24)27-21(17(19)11-23)30-13-15-4-2-3-7-25-15/h2-7,12H,8-9,13H2,1H3,(H2,24,27). The molecule has 3 rings (SSSR count). The summed E-state index contributed by atoms with van der Waals surface area (Å²) in [7, 11) is 1.59. The molecule has 0 radical (unpaired) electrons. The molecule has 8 nitrogen and oxygen atoms in total. The maximum absolute atomic E-state index is 9.84. The van der Waals surface area contributed by atoms with Crippen molar-refractivity contribution in [1.29, 1.82) is 10.5 Å². The van der Waals surface area contributed by atoms with Crippen LogP contribution in [0.4, 0.5) is 5.82 Å².